The van der Waals surface area contributed by atoms with E-state index in [4.69, 9.17) is 21.1 Å². The summed E-state index contributed by atoms with van der Waals surface area (Å²) >= 11 is 5.99. The second-order valence-electron chi connectivity index (χ2n) is 6.35. The lowest BCUT2D eigenvalue weighted by molar-refractivity contribution is 0.284. The highest BCUT2D eigenvalue weighted by atomic mass is 35.5. The lowest BCUT2D eigenvalue weighted by Crippen LogP contribution is -2.00. The van der Waals surface area contributed by atoms with Gasteiger partial charge in [-0.2, -0.15) is 12.8 Å². The maximum absolute atomic E-state index is 12.4. The highest BCUT2D eigenvalue weighted by Gasteiger charge is 2.12. The van der Waals surface area contributed by atoms with E-state index >= 15 is 0 Å². The Labute approximate surface area is 175 Å². The van der Waals surface area contributed by atoms with Crippen molar-refractivity contribution in [3.05, 3.63) is 88.4 Å². The van der Waals surface area contributed by atoms with Crippen LogP contribution in [0, 0.1) is 6.92 Å². The zero-order chi connectivity index (χ0) is 20.9. The Morgan fingerprint density at radius 1 is 1.00 bits per heavy atom. The third-order valence-corrected chi connectivity index (χ3v) is 5.62. The SMILES string of the molecule is COc1cc(/C=N\S(=O)(=O)c2ccc(C)cc2)ccc1OCc1cccc(Cl)c1. The van der Waals surface area contributed by atoms with Gasteiger partial charge in [0.2, 0.25) is 0 Å². The molecule has 0 aromatic heterocycles. The first-order valence-corrected chi connectivity index (χ1v) is 10.6. The van der Waals surface area contributed by atoms with Crippen LogP contribution in [-0.2, 0) is 16.6 Å². The van der Waals surface area contributed by atoms with Crippen molar-refractivity contribution in [3.8, 4) is 11.5 Å². The zero-order valence-electron chi connectivity index (χ0n) is 16.0. The predicted molar refractivity (Wildman–Crippen MR) is 115 cm³/mol. The second-order valence-corrected chi connectivity index (χ2v) is 8.42. The minimum absolute atomic E-state index is 0.146. The summed E-state index contributed by atoms with van der Waals surface area (Å²) in [7, 11) is -2.25. The van der Waals surface area contributed by atoms with Crippen LogP contribution in [0.3, 0.4) is 0 Å². The molecule has 0 fully saturated rings. The molecule has 0 saturated heterocycles. The molecule has 0 radical (unpaired) electrons. The van der Waals surface area contributed by atoms with Crippen molar-refractivity contribution in [2.45, 2.75) is 18.4 Å². The largest absolute Gasteiger partial charge is 0.493 e. The maximum Gasteiger partial charge on any atom is 0.282 e. The number of sulfonamides is 1. The monoisotopic (exact) mass is 429 g/mol. The van der Waals surface area contributed by atoms with Crippen LogP contribution in [0.4, 0.5) is 0 Å². The van der Waals surface area contributed by atoms with Crippen LogP contribution in [0.1, 0.15) is 16.7 Å². The highest BCUT2D eigenvalue weighted by Crippen LogP contribution is 2.29. The summed E-state index contributed by atoms with van der Waals surface area (Å²) < 4.78 is 39.7. The minimum atomic E-state index is -3.77. The van der Waals surface area contributed by atoms with E-state index < -0.39 is 10.0 Å². The molecule has 3 aromatic carbocycles. The molecule has 0 amide bonds. The van der Waals surface area contributed by atoms with Crippen LogP contribution < -0.4 is 9.47 Å². The van der Waals surface area contributed by atoms with E-state index in [1.165, 1.54) is 25.5 Å². The fourth-order valence-corrected chi connectivity index (χ4v) is 3.65. The summed E-state index contributed by atoms with van der Waals surface area (Å²) in [4.78, 5) is 0.146. The van der Waals surface area contributed by atoms with E-state index in [-0.39, 0.29) is 4.90 Å². The summed E-state index contributed by atoms with van der Waals surface area (Å²) in [5.74, 6) is 1.01. The molecule has 3 aromatic rings. The molecule has 0 aliphatic heterocycles. The Balaban J connectivity index is 1.75. The van der Waals surface area contributed by atoms with Crippen molar-refractivity contribution in [3.63, 3.8) is 0 Å². The number of nitrogens with zero attached hydrogens (tertiary/aromatic N) is 1. The van der Waals surface area contributed by atoms with Crippen molar-refractivity contribution in [1.29, 1.82) is 0 Å². The molecule has 7 heteroatoms. The molecule has 3 rings (SSSR count). The van der Waals surface area contributed by atoms with Gasteiger partial charge >= 0.3 is 0 Å². The average Bonchev–Trinajstić information content (AvgIpc) is 2.71. The Bertz CT molecular complexity index is 1130. The maximum atomic E-state index is 12.4. The Hall–Kier alpha value is -2.83. The number of ether oxygens (including phenoxy) is 2. The normalized spacial score (nSPS) is 11.6. The van der Waals surface area contributed by atoms with Gasteiger partial charge in [0.25, 0.3) is 10.0 Å². The number of aryl methyl sites for hydroxylation is 1. The molecule has 0 spiro atoms. The second kappa shape index (κ2) is 9.11. The number of halogens is 1. The third kappa shape index (κ3) is 5.59. The summed E-state index contributed by atoms with van der Waals surface area (Å²) in [5, 5.41) is 0.638. The van der Waals surface area contributed by atoms with Crippen molar-refractivity contribution >= 4 is 27.8 Å². The molecule has 0 unspecified atom stereocenters. The van der Waals surface area contributed by atoms with E-state index in [9.17, 15) is 8.42 Å². The molecule has 0 heterocycles. The topological polar surface area (TPSA) is 65.0 Å². The van der Waals surface area contributed by atoms with Gasteiger partial charge in [0.1, 0.15) is 6.61 Å². The van der Waals surface area contributed by atoms with Gasteiger partial charge in [-0.05, 0) is 60.5 Å². The van der Waals surface area contributed by atoms with E-state index in [2.05, 4.69) is 4.40 Å². The fraction of sp³-hybridized carbons (Fsp3) is 0.136. The molecule has 0 bridgehead atoms. The van der Waals surface area contributed by atoms with Crippen LogP contribution in [0.25, 0.3) is 0 Å². The summed E-state index contributed by atoms with van der Waals surface area (Å²) in [6, 6.07) is 19.0. The molecule has 0 aliphatic rings. The van der Waals surface area contributed by atoms with Gasteiger partial charge in [0.05, 0.1) is 12.0 Å². The van der Waals surface area contributed by atoms with Crippen LogP contribution >= 0.6 is 11.6 Å². The van der Waals surface area contributed by atoms with Crippen LogP contribution in [0.5, 0.6) is 11.5 Å². The predicted octanol–water partition coefficient (Wildman–Crippen LogP) is 5.04. The van der Waals surface area contributed by atoms with E-state index in [1.54, 1.807) is 36.4 Å². The Kier molecular flexibility index (Phi) is 6.56. The molecule has 29 heavy (non-hydrogen) atoms. The third-order valence-electron chi connectivity index (χ3n) is 4.13. The Morgan fingerprint density at radius 3 is 2.45 bits per heavy atom. The van der Waals surface area contributed by atoms with Gasteiger partial charge in [-0.1, -0.05) is 41.4 Å². The number of hydrogen-bond donors (Lipinski definition) is 0. The molecular formula is C22H20ClNO4S. The van der Waals surface area contributed by atoms with Crippen molar-refractivity contribution in [1.82, 2.24) is 0 Å². The van der Waals surface area contributed by atoms with Gasteiger partial charge in [0, 0.05) is 11.2 Å². The lowest BCUT2D eigenvalue weighted by Gasteiger charge is -2.11. The van der Waals surface area contributed by atoms with Gasteiger partial charge in [0.15, 0.2) is 11.5 Å². The number of rotatable bonds is 7. The minimum Gasteiger partial charge on any atom is -0.493 e. The molecule has 0 saturated carbocycles. The number of methoxy groups -OCH3 is 1. The van der Waals surface area contributed by atoms with E-state index in [1.807, 2.05) is 25.1 Å². The molecule has 0 aliphatic carbocycles. The fourth-order valence-electron chi connectivity index (χ4n) is 2.57. The first-order chi connectivity index (χ1) is 13.9. The summed E-state index contributed by atoms with van der Waals surface area (Å²) in [5.41, 5.74) is 2.48. The molecule has 5 nitrogen and oxygen atoms in total. The number of benzene rings is 3. The van der Waals surface area contributed by atoms with Crippen LogP contribution in [0.2, 0.25) is 5.02 Å². The van der Waals surface area contributed by atoms with Crippen LogP contribution in [0.15, 0.2) is 76.0 Å². The molecular weight excluding hydrogens is 410 g/mol. The quantitative estimate of drug-likeness (QED) is 0.493. The van der Waals surface area contributed by atoms with Crippen molar-refractivity contribution in [2.24, 2.45) is 4.40 Å². The Morgan fingerprint density at radius 2 is 1.76 bits per heavy atom. The van der Waals surface area contributed by atoms with Gasteiger partial charge in [-0.25, -0.2) is 0 Å². The molecule has 0 atom stereocenters. The molecule has 0 N–H and O–H groups in total. The first kappa shape index (κ1) is 20.9. The summed E-state index contributed by atoms with van der Waals surface area (Å²) in [6.07, 6.45) is 1.29. The van der Waals surface area contributed by atoms with Gasteiger partial charge < -0.3 is 9.47 Å². The number of hydrogen-bond acceptors (Lipinski definition) is 4. The van der Waals surface area contributed by atoms with Gasteiger partial charge in [-0.3, -0.25) is 0 Å². The average molecular weight is 430 g/mol. The summed E-state index contributed by atoms with van der Waals surface area (Å²) in [6.45, 7) is 2.22. The smallest absolute Gasteiger partial charge is 0.282 e. The standard InChI is InChI=1S/C22H20ClNO4S/c1-16-6-9-20(10-7-16)29(25,26)24-14-17-8-11-21(22(13-17)27-2)28-15-18-4-3-5-19(23)12-18/h3-14H,15H2,1-2H3/b24-14-. The first-order valence-electron chi connectivity index (χ1n) is 8.80. The van der Waals surface area contributed by atoms with Gasteiger partial charge in [-0.15, -0.1) is 0 Å². The molecule has 150 valence electrons. The van der Waals surface area contributed by atoms with E-state index in [0.717, 1.165) is 11.1 Å². The van der Waals surface area contributed by atoms with E-state index in [0.29, 0.717) is 28.7 Å². The van der Waals surface area contributed by atoms with Crippen LogP contribution in [-0.4, -0.2) is 21.7 Å². The highest BCUT2D eigenvalue weighted by molar-refractivity contribution is 7.90. The zero-order valence-corrected chi connectivity index (χ0v) is 17.6. The van der Waals surface area contributed by atoms with Crippen molar-refractivity contribution < 1.29 is 17.9 Å². The lowest BCUT2D eigenvalue weighted by atomic mass is 10.2. The van der Waals surface area contributed by atoms with Crippen molar-refractivity contribution in [2.75, 3.05) is 7.11 Å².